The van der Waals surface area contributed by atoms with Gasteiger partial charge in [-0.1, -0.05) is 18.2 Å². The van der Waals surface area contributed by atoms with Gasteiger partial charge in [0.1, 0.15) is 5.82 Å². The van der Waals surface area contributed by atoms with Crippen LogP contribution >= 0.6 is 0 Å². The highest BCUT2D eigenvalue weighted by atomic mass is 16.4. The summed E-state index contributed by atoms with van der Waals surface area (Å²) in [5.74, 6) is -0.674. The van der Waals surface area contributed by atoms with Crippen molar-refractivity contribution in [1.82, 2.24) is 10.3 Å². The molecule has 1 amide bonds. The Labute approximate surface area is 122 Å². The molecule has 1 heterocycles. The molecule has 0 saturated carbocycles. The van der Waals surface area contributed by atoms with Gasteiger partial charge in [0, 0.05) is 19.0 Å². The average Bonchev–Trinajstić information content (AvgIpc) is 2.50. The molecular formula is C15H17N3O3. The highest BCUT2D eigenvalue weighted by molar-refractivity contribution is 6.03. The average molecular weight is 287 g/mol. The van der Waals surface area contributed by atoms with Crippen molar-refractivity contribution in [3.63, 3.8) is 0 Å². The lowest BCUT2D eigenvalue weighted by atomic mass is 10.1. The summed E-state index contributed by atoms with van der Waals surface area (Å²) in [6, 6.07) is 8.58. The Balaban J connectivity index is 2.53. The van der Waals surface area contributed by atoms with Gasteiger partial charge in [-0.15, -0.1) is 0 Å². The Bertz CT molecular complexity index is 685. The number of likely N-dealkylation sites (N-methyl/N-ethyl adjacent to an activating group) is 2. The van der Waals surface area contributed by atoms with Gasteiger partial charge in [0.2, 0.25) is 5.91 Å². The molecule has 1 aromatic heterocycles. The number of carbonyl (C=O) groups excluding carboxylic acids is 1. The van der Waals surface area contributed by atoms with Crippen LogP contribution < -0.4 is 10.2 Å². The molecule has 0 aliphatic heterocycles. The van der Waals surface area contributed by atoms with Crippen molar-refractivity contribution in [1.29, 1.82) is 0 Å². The third-order valence-electron chi connectivity index (χ3n) is 3.25. The van der Waals surface area contributed by atoms with Crippen LogP contribution in [0.15, 0.2) is 30.3 Å². The number of amides is 1. The lowest BCUT2D eigenvalue weighted by molar-refractivity contribution is -0.119. The van der Waals surface area contributed by atoms with Gasteiger partial charge in [-0.25, -0.2) is 9.78 Å². The summed E-state index contributed by atoms with van der Waals surface area (Å²) >= 11 is 0. The molecule has 1 aromatic carbocycles. The molecule has 21 heavy (non-hydrogen) atoms. The SMILES string of the molecule is CCN(CC(=O)NC)c1cc(C(=O)O)c2ccccc2n1. The first-order valence-electron chi connectivity index (χ1n) is 6.65. The summed E-state index contributed by atoms with van der Waals surface area (Å²) in [5.41, 5.74) is 0.786. The molecule has 0 aliphatic rings. The second-order valence-electron chi connectivity index (χ2n) is 4.54. The zero-order chi connectivity index (χ0) is 15.4. The molecule has 0 spiro atoms. The normalized spacial score (nSPS) is 10.4. The van der Waals surface area contributed by atoms with Crippen molar-refractivity contribution in [3.05, 3.63) is 35.9 Å². The van der Waals surface area contributed by atoms with E-state index < -0.39 is 5.97 Å². The summed E-state index contributed by atoms with van der Waals surface area (Å²) in [5, 5.41) is 12.5. The number of carbonyl (C=O) groups is 2. The maximum absolute atomic E-state index is 11.5. The van der Waals surface area contributed by atoms with Gasteiger partial charge in [-0.3, -0.25) is 4.79 Å². The molecule has 2 aromatic rings. The van der Waals surface area contributed by atoms with E-state index >= 15 is 0 Å². The number of carboxylic acid groups (broad SMARTS) is 1. The van der Waals surface area contributed by atoms with Gasteiger partial charge < -0.3 is 15.3 Å². The van der Waals surface area contributed by atoms with Crippen LogP contribution in [0.25, 0.3) is 10.9 Å². The molecule has 2 rings (SSSR count). The fourth-order valence-corrected chi connectivity index (χ4v) is 2.11. The number of para-hydroxylation sites is 1. The molecule has 6 nitrogen and oxygen atoms in total. The molecular weight excluding hydrogens is 270 g/mol. The quantitative estimate of drug-likeness (QED) is 0.871. The minimum absolute atomic E-state index is 0.136. The van der Waals surface area contributed by atoms with E-state index in [1.54, 1.807) is 36.2 Å². The van der Waals surface area contributed by atoms with Gasteiger partial charge in [0.05, 0.1) is 17.6 Å². The van der Waals surface area contributed by atoms with Gasteiger partial charge in [-0.05, 0) is 19.1 Å². The van der Waals surface area contributed by atoms with Crippen LogP contribution in [0.4, 0.5) is 5.82 Å². The smallest absolute Gasteiger partial charge is 0.336 e. The lowest BCUT2D eigenvalue weighted by Gasteiger charge is -2.21. The van der Waals surface area contributed by atoms with Gasteiger partial charge in [0.15, 0.2) is 0 Å². The minimum Gasteiger partial charge on any atom is -0.478 e. The maximum atomic E-state index is 11.5. The fraction of sp³-hybridized carbons (Fsp3) is 0.267. The number of pyridine rings is 1. The molecule has 0 saturated heterocycles. The molecule has 2 N–H and O–H groups in total. The van der Waals surface area contributed by atoms with Crippen LogP contribution in [0.5, 0.6) is 0 Å². The summed E-state index contributed by atoms with van der Waals surface area (Å²) in [4.78, 5) is 29.2. The first-order chi connectivity index (χ1) is 10.1. The molecule has 0 unspecified atom stereocenters. The number of nitrogens with one attached hydrogen (secondary N) is 1. The van der Waals surface area contributed by atoms with Crippen LogP contribution in [0.1, 0.15) is 17.3 Å². The Morgan fingerprint density at radius 3 is 2.67 bits per heavy atom. The van der Waals surface area contributed by atoms with Crippen LogP contribution in [-0.4, -0.2) is 42.1 Å². The Hall–Kier alpha value is -2.63. The highest BCUT2D eigenvalue weighted by Crippen LogP contribution is 2.23. The summed E-state index contributed by atoms with van der Waals surface area (Å²) in [6.07, 6.45) is 0. The van der Waals surface area contributed by atoms with Crippen molar-refractivity contribution < 1.29 is 14.7 Å². The van der Waals surface area contributed by atoms with E-state index in [2.05, 4.69) is 10.3 Å². The summed E-state index contributed by atoms with van der Waals surface area (Å²) in [7, 11) is 1.56. The van der Waals surface area contributed by atoms with Gasteiger partial charge in [0.25, 0.3) is 0 Å². The van der Waals surface area contributed by atoms with E-state index in [4.69, 9.17) is 0 Å². The third kappa shape index (κ3) is 3.10. The van der Waals surface area contributed by atoms with E-state index in [1.807, 2.05) is 6.92 Å². The topological polar surface area (TPSA) is 82.5 Å². The van der Waals surface area contributed by atoms with Crippen LogP contribution in [0.2, 0.25) is 0 Å². The van der Waals surface area contributed by atoms with Crippen molar-refractivity contribution in [3.8, 4) is 0 Å². The van der Waals surface area contributed by atoms with Crippen LogP contribution in [-0.2, 0) is 4.79 Å². The van der Waals surface area contributed by atoms with Crippen molar-refractivity contribution in [2.24, 2.45) is 0 Å². The highest BCUT2D eigenvalue weighted by Gasteiger charge is 2.16. The molecule has 110 valence electrons. The van der Waals surface area contributed by atoms with E-state index in [0.29, 0.717) is 23.3 Å². The minimum atomic E-state index is -1.01. The monoisotopic (exact) mass is 287 g/mol. The third-order valence-corrected chi connectivity index (χ3v) is 3.25. The summed E-state index contributed by atoms with van der Waals surface area (Å²) in [6.45, 7) is 2.58. The zero-order valence-electron chi connectivity index (χ0n) is 12.0. The summed E-state index contributed by atoms with van der Waals surface area (Å²) < 4.78 is 0. The Morgan fingerprint density at radius 2 is 2.05 bits per heavy atom. The molecule has 0 atom stereocenters. The number of aromatic carboxylic acids is 1. The molecule has 0 aliphatic carbocycles. The second-order valence-corrected chi connectivity index (χ2v) is 4.54. The number of rotatable bonds is 5. The number of carboxylic acids is 1. The van der Waals surface area contributed by atoms with E-state index in [1.165, 1.54) is 6.07 Å². The number of fused-ring (bicyclic) bond motifs is 1. The van der Waals surface area contributed by atoms with Crippen LogP contribution in [0, 0.1) is 0 Å². The molecule has 0 fully saturated rings. The van der Waals surface area contributed by atoms with Crippen molar-refractivity contribution >= 4 is 28.6 Å². The van der Waals surface area contributed by atoms with Crippen molar-refractivity contribution in [2.75, 3.05) is 25.0 Å². The van der Waals surface area contributed by atoms with E-state index in [0.717, 1.165) is 0 Å². The Morgan fingerprint density at radius 1 is 1.33 bits per heavy atom. The standard InChI is InChI=1S/C15H17N3O3/c1-3-18(9-14(19)16-2)13-8-11(15(20)21)10-6-4-5-7-12(10)17-13/h4-8H,3,9H2,1-2H3,(H,16,19)(H,20,21). The number of anilines is 1. The first kappa shape index (κ1) is 14.8. The van der Waals surface area contributed by atoms with E-state index in [-0.39, 0.29) is 18.0 Å². The van der Waals surface area contributed by atoms with Gasteiger partial charge in [-0.2, -0.15) is 0 Å². The van der Waals surface area contributed by atoms with Crippen molar-refractivity contribution in [2.45, 2.75) is 6.92 Å². The first-order valence-corrected chi connectivity index (χ1v) is 6.65. The lowest BCUT2D eigenvalue weighted by Crippen LogP contribution is -2.36. The predicted molar refractivity (Wildman–Crippen MR) is 80.7 cm³/mol. The molecule has 6 heteroatoms. The van der Waals surface area contributed by atoms with E-state index in [9.17, 15) is 14.7 Å². The fourth-order valence-electron chi connectivity index (χ4n) is 2.11. The number of benzene rings is 1. The predicted octanol–water partition coefficient (Wildman–Crippen LogP) is 1.51. The molecule has 0 bridgehead atoms. The zero-order valence-corrected chi connectivity index (χ0v) is 12.0. The number of nitrogens with zero attached hydrogens (tertiary/aromatic N) is 2. The van der Waals surface area contributed by atoms with Gasteiger partial charge >= 0.3 is 5.97 Å². The largest absolute Gasteiger partial charge is 0.478 e. The maximum Gasteiger partial charge on any atom is 0.336 e. The molecule has 0 radical (unpaired) electrons. The number of aromatic nitrogens is 1. The van der Waals surface area contributed by atoms with Crippen LogP contribution in [0.3, 0.4) is 0 Å². The second kappa shape index (κ2) is 6.21. The number of hydrogen-bond acceptors (Lipinski definition) is 4. The number of hydrogen-bond donors (Lipinski definition) is 2. The Kier molecular flexibility index (Phi) is 4.37.